The standard InChI is InChI=1S/C12H12BrClFNO2/c13-9-4-7(15)5-10(14)12(9)18-6-11(17)16-8-2-1-3-8/h4-5,8H,1-3,6H2,(H,16,17). The van der Waals surface area contributed by atoms with Gasteiger partial charge in [-0.2, -0.15) is 0 Å². The summed E-state index contributed by atoms with van der Waals surface area (Å²) in [5.74, 6) is -0.369. The van der Waals surface area contributed by atoms with Gasteiger partial charge in [-0.3, -0.25) is 4.79 Å². The van der Waals surface area contributed by atoms with Gasteiger partial charge in [0, 0.05) is 6.04 Å². The van der Waals surface area contributed by atoms with Gasteiger partial charge in [-0.15, -0.1) is 0 Å². The highest BCUT2D eigenvalue weighted by molar-refractivity contribution is 9.10. The van der Waals surface area contributed by atoms with Crippen LogP contribution in [-0.2, 0) is 4.79 Å². The van der Waals surface area contributed by atoms with Crippen molar-refractivity contribution in [3.05, 3.63) is 27.4 Å². The van der Waals surface area contributed by atoms with Gasteiger partial charge in [0.05, 0.1) is 9.50 Å². The van der Waals surface area contributed by atoms with E-state index in [1.165, 1.54) is 6.07 Å². The van der Waals surface area contributed by atoms with E-state index in [0.717, 1.165) is 25.3 Å². The highest BCUT2D eigenvalue weighted by Gasteiger charge is 2.20. The number of hydrogen-bond acceptors (Lipinski definition) is 2. The average Bonchev–Trinajstić information content (AvgIpc) is 2.22. The maximum absolute atomic E-state index is 13.0. The Labute approximate surface area is 118 Å². The monoisotopic (exact) mass is 335 g/mol. The molecule has 0 unspecified atom stereocenters. The maximum atomic E-state index is 13.0. The van der Waals surface area contributed by atoms with E-state index in [-0.39, 0.29) is 29.3 Å². The maximum Gasteiger partial charge on any atom is 0.258 e. The van der Waals surface area contributed by atoms with Crippen LogP contribution in [0.1, 0.15) is 19.3 Å². The molecule has 6 heteroatoms. The Bertz CT molecular complexity index is 442. The lowest BCUT2D eigenvalue weighted by atomic mass is 9.93. The summed E-state index contributed by atoms with van der Waals surface area (Å²) in [5, 5.41) is 2.98. The van der Waals surface area contributed by atoms with Gasteiger partial charge in [-0.25, -0.2) is 4.39 Å². The van der Waals surface area contributed by atoms with Crippen molar-refractivity contribution in [1.29, 1.82) is 0 Å². The summed E-state index contributed by atoms with van der Waals surface area (Å²) in [7, 11) is 0. The molecule has 0 aliphatic heterocycles. The van der Waals surface area contributed by atoms with Crippen LogP contribution in [0.2, 0.25) is 5.02 Å². The van der Waals surface area contributed by atoms with E-state index in [0.29, 0.717) is 4.47 Å². The lowest BCUT2D eigenvalue weighted by Gasteiger charge is -2.26. The van der Waals surface area contributed by atoms with Crippen LogP contribution in [0.5, 0.6) is 5.75 Å². The molecule has 1 aromatic carbocycles. The van der Waals surface area contributed by atoms with Gasteiger partial charge in [0.1, 0.15) is 5.82 Å². The molecule has 1 aliphatic rings. The molecule has 0 saturated heterocycles. The largest absolute Gasteiger partial charge is 0.481 e. The molecular weight excluding hydrogens is 324 g/mol. The Kier molecular flexibility index (Phi) is 4.45. The molecule has 1 aromatic rings. The fourth-order valence-corrected chi connectivity index (χ4v) is 2.55. The van der Waals surface area contributed by atoms with Crippen molar-refractivity contribution in [2.45, 2.75) is 25.3 Å². The first kappa shape index (κ1) is 13.6. The minimum Gasteiger partial charge on any atom is -0.481 e. The molecule has 2 rings (SSSR count). The number of nitrogens with one attached hydrogen (secondary N) is 1. The van der Waals surface area contributed by atoms with Crippen molar-refractivity contribution in [3.8, 4) is 5.75 Å². The summed E-state index contributed by atoms with van der Waals surface area (Å²) >= 11 is 8.98. The number of hydrogen-bond donors (Lipinski definition) is 1. The SMILES string of the molecule is O=C(COc1c(Cl)cc(F)cc1Br)NC1CCC1. The van der Waals surface area contributed by atoms with Gasteiger partial charge < -0.3 is 10.1 Å². The van der Waals surface area contributed by atoms with Crippen LogP contribution < -0.4 is 10.1 Å². The van der Waals surface area contributed by atoms with Crippen molar-refractivity contribution in [2.24, 2.45) is 0 Å². The van der Waals surface area contributed by atoms with E-state index in [9.17, 15) is 9.18 Å². The van der Waals surface area contributed by atoms with E-state index < -0.39 is 5.82 Å². The van der Waals surface area contributed by atoms with Gasteiger partial charge in [0.15, 0.2) is 12.4 Å². The number of carbonyl (C=O) groups is 1. The summed E-state index contributed by atoms with van der Waals surface area (Å²) in [5.41, 5.74) is 0. The molecule has 1 saturated carbocycles. The summed E-state index contributed by atoms with van der Waals surface area (Å²) in [4.78, 5) is 11.5. The first-order valence-electron chi connectivity index (χ1n) is 5.63. The Morgan fingerprint density at radius 1 is 1.56 bits per heavy atom. The zero-order chi connectivity index (χ0) is 13.1. The highest BCUT2D eigenvalue weighted by atomic mass is 79.9. The second kappa shape index (κ2) is 5.89. The Balaban J connectivity index is 1.91. The summed E-state index contributed by atoms with van der Waals surface area (Å²) < 4.78 is 18.7. The molecule has 1 fully saturated rings. The van der Waals surface area contributed by atoms with Gasteiger partial charge in [-0.1, -0.05) is 11.6 Å². The predicted octanol–water partition coefficient (Wildman–Crippen LogP) is 3.29. The van der Waals surface area contributed by atoms with E-state index in [1.54, 1.807) is 0 Å². The molecule has 0 atom stereocenters. The molecule has 0 heterocycles. The molecule has 0 bridgehead atoms. The minimum absolute atomic E-state index is 0.125. The number of carbonyl (C=O) groups excluding carboxylic acids is 1. The lowest BCUT2D eigenvalue weighted by Crippen LogP contribution is -2.41. The second-order valence-corrected chi connectivity index (χ2v) is 5.44. The summed E-state index contributed by atoms with van der Waals surface area (Å²) in [6, 6.07) is 2.66. The van der Waals surface area contributed by atoms with Crippen LogP contribution in [0.3, 0.4) is 0 Å². The average molecular weight is 337 g/mol. The van der Waals surface area contributed by atoms with Gasteiger partial charge in [-0.05, 0) is 47.3 Å². The zero-order valence-electron chi connectivity index (χ0n) is 9.51. The predicted molar refractivity (Wildman–Crippen MR) is 70.4 cm³/mol. The molecule has 1 aliphatic carbocycles. The minimum atomic E-state index is -0.460. The van der Waals surface area contributed by atoms with Gasteiger partial charge in [0.2, 0.25) is 0 Å². The molecular formula is C12H12BrClFNO2. The first-order chi connectivity index (χ1) is 8.56. The van der Waals surface area contributed by atoms with Crippen LogP contribution in [0.25, 0.3) is 0 Å². The first-order valence-corrected chi connectivity index (χ1v) is 6.80. The highest BCUT2D eigenvalue weighted by Crippen LogP contribution is 2.33. The number of rotatable bonds is 4. The second-order valence-electron chi connectivity index (χ2n) is 4.18. The third kappa shape index (κ3) is 3.36. The van der Waals surface area contributed by atoms with Crippen molar-refractivity contribution >= 4 is 33.4 Å². The van der Waals surface area contributed by atoms with Crippen molar-refractivity contribution in [1.82, 2.24) is 5.32 Å². The molecule has 98 valence electrons. The summed E-state index contributed by atoms with van der Waals surface area (Å²) in [6.45, 7) is -0.125. The fraction of sp³-hybridized carbons (Fsp3) is 0.417. The summed E-state index contributed by atoms with van der Waals surface area (Å²) in [6.07, 6.45) is 3.20. The van der Waals surface area contributed by atoms with Crippen LogP contribution in [0.15, 0.2) is 16.6 Å². The molecule has 0 spiro atoms. The van der Waals surface area contributed by atoms with Gasteiger partial charge >= 0.3 is 0 Å². The molecule has 1 N–H and O–H groups in total. The zero-order valence-corrected chi connectivity index (χ0v) is 11.9. The van der Waals surface area contributed by atoms with Crippen molar-refractivity contribution in [2.75, 3.05) is 6.61 Å². The molecule has 1 amide bonds. The third-order valence-corrected chi connectivity index (χ3v) is 3.65. The van der Waals surface area contributed by atoms with Crippen LogP contribution in [-0.4, -0.2) is 18.6 Å². The van der Waals surface area contributed by atoms with E-state index in [4.69, 9.17) is 16.3 Å². The number of amides is 1. The van der Waals surface area contributed by atoms with Crippen LogP contribution >= 0.6 is 27.5 Å². The van der Waals surface area contributed by atoms with Crippen LogP contribution in [0.4, 0.5) is 4.39 Å². The Hall–Kier alpha value is -0.810. The lowest BCUT2D eigenvalue weighted by molar-refractivity contribution is -0.124. The van der Waals surface area contributed by atoms with Crippen molar-refractivity contribution < 1.29 is 13.9 Å². The van der Waals surface area contributed by atoms with E-state index in [1.807, 2.05) is 0 Å². The molecule has 18 heavy (non-hydrogen) atoms. The number of ether oxygens (including phenoxy) is 1. The normalized spacial score (nSPS) is 15.1. The fourth-order valence-electron chi connectivity index (χ4n) is 1.63. The third-order valence-electron chi connectivity index (χ3n) is 2.78. The molecule has 0 aromatic heterocycles. The van der Waals surface area contributed by atoms with Crippen LogP contribution in [0, 0.1) is 5.82 Å². The number of halogens is 3. The smallest absolute Gasteiger partial charge is 0.258 e. The van der Waals surface area contributed by atoms with Gasteiger partial charge in [0.25, 0.3) is 5.91 Å². The molecule has 0 radical (unpaired) electrons. The van der Waals surface area contributed by atoms with Crippen molar-refractivity contribution in [3.63, 3.8) is 0 Å². The number of benzene rings is 1. The quantitative estimate of drug-likeness (QED) is 0.916. The van der Waals surface area contributed by atoms with E-state index >= 15 is 0 Å². The Morgan fingerprint density at radius 3 is 2.83 bits per heavy atom. The Morgan fingerprint density at radius 2 is 2.28 bits per heavy atom. The molecule has 3 nitrogen and oxygen atoms in total. The van der Waals surface area contributed by atoms with E-state index in [2.05, 4.69) is 21.2 Å². The topological polar surface area (TPSA) is 38.3 Å².